The third-order valence-corrected chi connectivity index (χ3v) is 6.36. The molecule has 0 saturated carbocycles. The first-order valence-corrected chi connectivity index (χ1v) is 11.5. The van der Waals surface area contributed by atoms with Crippen molar-refractivity contribution in [3.63, 3.8) is 0 Å². The minimum absolute atomic E-state index is 0.509. The minimum Gasteiger partial charge on any atom is -0.487 e. The summed E-state index contributed by atoms with van der Waals surface area (Å²) in [7, 11) is 0. The molecule has 146 valence electrons. The second-order valence-corrected chi connectivity index (χ2v) is 9.30. The van der Waals surface area contributed by atoms with E-state index in [1.807, 2.05) is 12.1 Å². The number of anilines is 1. The zero-order valence-electron chi connectivity index (χ0n) is 15.5. The monoisotopic (exact) mass is 573 g/mol. The van der Waals surface area contributed by atoms with Crippen LogP contribution >= 0.6 is 47.8 Å². The van der Waals surface area contributed by atoms with Crippen molar-refractivity contribution >= 4 is 64.2 Å². The third-order valence-electron chi connectivity index (χ3n) is 4.65. The number of hydrogen-bond donors (Lipinski definition) is 1. The van der Waals surface area contributed by atoms with Gasteiger partial charge in [0.05, 0.1) is 8.95 Å². The molecule has 0 unspecified atom stereocenters. The molecule has 0 aliphatic carbocycles. The highest BCUT2D eigenvalue weighted by molar-refractivity contribution is 9.11. The van der Waals surface area contributed by atoms with Crippen molar-refractivity contribution in [1.29, 1.82) is 0 Å². The molecule has 4 aromatic carbocycles. The van der Waals surface area contributed by atoms with Crippen LogP contribution < -0.4 is 10.1 Å². The van der Waals surface area contributed by atoms with E-state index in [0.717, 1.165) is 37.0 Å². The first-order valence-electron chi connectivity index (χ1n) is 9.17. The normalized spacial score (nSPS) is 10.9. The van der Waals surface area contributed by atoms with Crippen LogP contribution in [0.5, 0.6) is 5.75 Å². The number of benzene rings is 4. The van der Waals surface area contributed by atoms with Gasteiger partial charge in [0.2, 0.25) is 0 Å². The zero-order chi connectivity index (χ0) is 20.2. The van der Waals surface area contributed by atoms with Gasteiger partial charge in [0, 0.05) is 16.7 Å². The molecule has 0 aromatic heterocycles. The molecule has 0 fully saturated rings. The second-order valence-electron chi connectivity index (χ2n) is 6.68. The molecule has 2 nitrogen and oxygen atoms in total. The molecule has 4 rings (SSSR count). The Hall–Kier alpha value is -1.82. The maximum atomic E-state index is 6.17. The van der Waals surface area contributed by atoms with E-state index in [4.69, 9.17) is 4.74 Å². The lowest BCUT2D eigenvalue weighted by Gasteiger charge is -2.14. The van der Waals surface area contributed by atoms with Gasteiger partial charge in [-0.2, -0.15) is 0 Å². The number of hydrogen-bond acceptors (Lipinski definition) is 2. The van der Waals surface area contributed by atoms with Crippen molar-refractivity contribution in [1.82, 2.24) is 0 Å². The molecule has 0 aliphatic rings. The average molecular weight is 576 g/mol. The van der Waals surface area contributed by atoms with Crippen LogP contribution in [0.15, 0.2) is 92.3 Å². The first-order chi connectivity index (χ1) is 14.1. The van der Waals surface area contributed by atoms with Gasteiger partial charge in [0.15, 0.2) is 0 Å². The van der Waals surface area contributed by atoms with Gasteiger partial charge in [-0.15, -0.1) is 0 Å². The standard InChI is InChI=1S/C24H18Br3NO/c25-19-8-10-20(11-9-19)28-14-16-12-22(26)24(23(27)13-16)29-15-18-6-3-5-17-4-1-2-7-21(17)18/h1-13,28H,14-15H2. The molecule has 29 heavy (non-hydrogen) atoms. The van der Waals surface area contributed by atoms with Gasteiger partial charge in [-0.25, -0.2) is 0 Å². The summed E-state index contributed by atoms with van der Waals surface area (Å²) in [5.74, 6) is 0.810. The van der Waals surface area contributed by atoms with Crippen molar-refractivity contribution in [2.24, 2.45) is 0 Å². The molecule has 0 amide bonds. The van der Waals surface area contributed by atoms with Gasteiger partial charge < -0.3 is 10.1 Å². The largest absolute Gasteiger partial charge is 0.487 e. The predicted molar refractivity (Wildman–Crippen MR) is 132 cm³/mol. The van der Waals surface area contributed by atoms with E-state index in [1.54, 1.807) is 0 Å². The van der Waals surface area contributed by atoms with Crippen molar-refractivity contribution < 1.29 is 4.74 Å². The Morgan fingerprint density at radius 2 is 1.45 bits per heavy atom. The van der Waals surface area contributed by atoms with Crippen LogP contribution in [-0.2, 0) is 13.2 Å². The number of fused-ring (bicyclic) bond motifs is 1. The first kappa shape index (κ1) is 20.5. The summed E-state index contributed by atoms with van der Waals surface area (Å²) in [5.41, 5.74) is 3.41. The molecule has 0 bridgehead atoms. The number of ether oxygens (including phenoxy) is 1. The Morgan fingerprint density at radius 3 is 2.21 bits per heavy atom. The summed E-state index contributed by atoms with van der Waals surface area (Å²) in [6.45, 7) is 1.23. The third kappa shape index (κ3) is 5.03. The SMILES string of the molecule is Brc1ccc(NCc2cc(Br)c(OCc3cccc4ccccc34)c(Br)c2)cc1. The molecule has 1 N–H and O–H groups in total. The summed E-state index contributed by atoms with van der Waals surface area (Å²) in [4.78, 5) is 0. The molecule has 0 saturated heterocycles. The van der Waals surface area contributed by atoms with Crippen LogP contribution in [0.4, 0.5) is 5.69 Å². The van der Waals surface area contributed by atoms with E-state index in [-0.39, 0.29) is 0 Å². The summed E-state index contributed by atoms with van der Waals surface area (Å²) < 4.78 is 9.10. The Bertz CT molecular complexity index is 1110. The number of halogens is 3. The summed E-state index contributed by atoms with van der Waals surface area (Å²) in [6, 6.07) is 27.0. The Morgan fingerprint density at radius 1 is 0.759 bits per heavy atom. The molecule has 4 aromatic rings. The Labute approximate surface area is 195 Å². The van der Waals surface area contributed by atoms with E-state index in [9.17, 15) is 0 Å². The maximum Gasteiger partial charge on any atom is 0.148 e. The van der Waals surface area contributed by atoms with E-state index in [0.29, 0.717) is 6.61 Å². The molecule has 5 heteroatoms. The molecule has 0 aliphatic heterocycles. The highest BCUT2D eigenvalue weighted by atomic mass is 79.9. The van der Waals surface area contributed by atoms with Gasteiger partial charge in [-0.1, -0.05) is 58.4 Å². The zero-order valence-corrected chi connectivity index (χ0v) is 20.2. The van der Waals surface area contributed by atoms with Gasteiger partial charge >= 0.3 is 0 Å². The van der Waals surface area contributed by atoms with Crippen LogP contribution in [0, 0.1) is 0 Å². The van der Waals surface area contributed by atoms with Crippen molar-refractivity contribution in [3.05, 3.63) is 103 Å². The molecular formula is C24H18Br3NO. The van der Waals surface area contributed by atoms with E-state index >= 15 is 0 Å². The highest BCUT2D eigenvalue weighted by Crippen LogP contribution is 2.36. The topological polar surface area (TPSA) is 21.3 Å². The Kier molecular flexibility index (Phi) is 6.58. The summed E-state index contributed by atoms with van der Waals surface area (Å²) >= 11 is 10.8. The van der Waals surface area contributed by atoms with Gasteiger partial charge in [0.1, 0.15) is 12.4 Å². The molecule has 0 spiro atoms. The molecule has 0 atom stereocenters. The second kappa shape index (κ2) is 9.33. The molecule has 0 heterocycles. The van der Waals surface area contributed by atoms with E-state index < -0.39 is 0 Å². The number of nitrogens with one attached hydrogen (secondary N) is 1. The van der Waals surface area contributed by atoms with Crippen LogP contribution in [-0.4, -0.2) is 0 Å². The average Bonchev–Trinajstić information content (AvgIpc) is 2.73. The highest BCUT2D eigenvalue weighted by Gasteiger charge is 2.11. The summed E-state index contributed by atoms with van der Waals surface area (Å²) in [6.07, 6.45) is 0. The quantitative estimate of drug-likeness (QED) is 0.250. The summed E-state index contributed by atoms with van der Waals surface area (Å²) in [5, 5.41) is 5.88. The van der Waals surface area contributed by atoms with Gasteiger partial charge in [-0.05, 0) is 90.2 Å². The lowest BCUT2D eigenvalue weighted by molar-refractivity contribution is 0.303. The minimum atomic E-state index is 0.509. The van der Waals surface area contributed by atoms with E-state index in [2.05, 4.69) is 120 Å². The number of rotatable bonds is 6. The fourth-order valence-electron chi connectivity index (χ4n) is 3.19. The van der Waals surface area contributed by atoms with Crippen molar-refractivity contribution in [3.8, 4) is 5.75 Å². The lowest BCUT2D eigenvalue weighted by Crippen LogP contribution is -2.02. The fourth-order valence-corrected chi connectivity index (χ4v) is 4.97. The van der Waals surface area contributed by atoms with Crippen molar-refractivity contribution in [2.45, 2.75) is 13.2 Å². The van der Waals surface area contributed by atoms with Gasteiger partial charge in [0.25, 0.3) is 0 Å². The lowest BCUT2D eigenvalue weighted by atomic mass is 10.1. The Balaban J connectivity index is 1.47. The van der Waals surface area contributed by atoms with Crippen LogP contribution in [0.2, 0.25) is 0 Å². The molecular weight excluding hydrogens is 558 g/mol. The smallest absolute Gasteiger partial charge is 0.148 e. The fraction of sp³-hybridized carbons (Fsp3) is 0.0833. The van der Waals surface area contributed by atoms with E-state index in [1.165, 1.54) is 16.3 Å². The van der Waals surface area contributed by atoms with Crippen LogP contribution in [0.1, 0.15) is 11.1 Å². The van der Waals surface area contributed by atoms with Crippen LogP contribution in [0.3, 0.4) is 0 Å². The van der Waals surface area contributed by atoms with Crippen molar-refractivity contribution in [2.75, 3.05) is 5.32 Å². The molecule has 0 radical (unpaired) electrons. The van der Waals surface area contributed by atoms with Gasteiger partial charge in [-0.3, -0.25) is 0 Å². The maximum absolute atomic E-state index is 6.17. The van der Waals surface area contributed by atoms with Crippen LogP contribution in [0.25, 0.3) is 10.8 Å². The predicted octanol–water partition coefficient (Wildman–Crippen LogP) is 8.32.